The summed E-state index contributed by atoms with van der Waals surface area (Å²) in [6.07, 6.45) is 15.4. The Morgan fingerprint density at radius 2 is 1.83 bits per heavy atom. The fourth-order valence-corrected chi connectivity index (χ4v) is 3.46. The van der Waals surface area contributed by atoms with Crippen LogP contribution in [0, 0.1) is 22.7 Å². The third-order valence-corrected chi connectivity index (χ3v) is 4.77. The van der Waals surface area contributed by atoms with Gasteiger partial charge < -0.3 is 0 Å². The predicted octanol–water partition coefficient (Wildman–Crippen LogP) is 5.85. The Labute approximate surface area is 114 Å². The van der Waals surface area contributed by atoms with Crippen molar-refractivity contribution < 1.29 is 0 Å². The van der Waals surface area contributed by atoms with Crippen LogP contribution < -0.4 is 0 Å². The summed E-state index contributed by atoms with van der Waals surface area (Å²) >= 11 is 0. The number of unbranched alkanes of at least 4 members (excludes halogenated alkanes) is 5. The Morgan fingerprint density at radius 3 is 2.50 bits per heavy atom. The van der Waals surface area contributed by atoms with Crippen LogP contribution in [0.1, 0.15) is 90.9 Å². The van der Waals surface area contributed by atoms with E-state index in [0.29, 0.717) is 0 Å². The molecular weight excluding hydrogens is 218 g/mol. The standard InChI is InChI=1S/C17H31N/c1-3-5-6-7-8-9-12-17(15-18)13-10-11-16(4-2)14-17/h16H,3-14H2,1-2H3. The molecule has 1 heteroatoms. The van der Waals surface area contributed by atoms with Crippen molar-refractivity contribution >= 4 is 0 Å². The average Bonchev–Trinajstić information content (AvgIpc) is 2.43. The number of hydrogen-bond acceptors (Lipinski definition) is 1. The molecule has 0 heterocycles. The lowest BCUT2D eigenvalue weighted by Gasteiger charge is -2.35. The molecule has 1 fully saturated rings. The molecule has 0 radical (unpaired) electrons. The smallest absolute Gasteiger partial charge is 0.0689 e. The molecule has 1 aliphatic carbocycles. The second kappa shape index (κ2) is 8.57. The van der Waals surface area contributed by atoms with Crippen LogP contribution in [-0.2, 0) is 0 Å². The van der Waals surface area contributed by atoms with Gasteiger partial charge in [0.2, 0.25) is 0 Å². The number of hydrogen-bond donors (Lipinski definition) is 0. The highest BCUT2D eigenvalue weighted by Crippen LogP contribution is 2.43. The van der Waals surface area contributed by atoms with Gasteiger partial charge in [0.1, 0.15) is 0 Å². The van der Waals surface area contributed by atoms with E-state index in [1.807, 2.05) is 0 Å². The van der Waals surface area contributed by atoms with Gasteiger partial charge in [0.25, 0.3) is 0 Å². The van der Waals surface area contributed by atoms with E-state index >= 15 is 0 Å². The molecule has 1 nitrogen and oxygen atoms in total. The second-order valence-electron chi connectivity index (χ2n) is 6.28. The fourth-order valence-electron chi connectivity index (χ4n) is 3.46. The van der Waals surface area contributed by atoms with E-state index in [9.17, 15) is 5.26 Å². The van der Waals surface area contributed by atoms with E-state index in [2.05, 4.69) is 19.9 Å². The molecule has 1 aliphatic rings. The summed E-state index contributed by atoms with van der Waals surface area (Å²) in [7, 11) is 0. The Hall–Kier alpha value is -0.510. The van der Waals surface area contributed by atoms with Gasteiger partial charge in [0.05, 0.1) is 11.5 Å². The monoisotopic (exact) mass is 249 g/mol. The van der Waals surface area contributed by atoms with Crippen LogP contribution in [0.25, 0.3) is 0 Å². The maximum Gasteiger partial charge on any atom is 0.0689 e. The number of nitriles is 1. The zero-order valence-electron chi connectivity index (χ0n) is 12.5. The van der Waals surface area contributed by atoms with E-state index in [1.165, 1.54) is 64.2 Å². The molecule has 18 heavy (non-hydrogen) atoms. The largest absolute Gasteiger partial charge is 0.198 e. The van der Waals surface area contributed by atoms with Crippen molar-refractivity contribution in [1.82, 2.24) is 0 Å². The second-order valence-corrected chi connectivity index (χ2v) is 6.28. The van der Waals surface area contributed by atoms with Gasteiger partial charge in [0.15, 0.2) is 0 Å². The first-order chi connectivity index (χ1) is 8.76. The highest BCUT2D eigenvalue weighted by molar-refractivity contribution is 5.01. The highest BCUT2D eigenvalue weighted by Gasteiger charge is 2.35. The van der Waals surface area contributed by atoms with Crippen LogP contribution in [0.2, 0.25) is 0 Å². The lowest BCUT2D eigenvalue weighted by Crippen LogP contribution is -2.27. The molecular formula is C17H31N. The minimum Gasteiger partial charge on any atom is -0.198 e. The van der Waals surface area contributed by atoms with Crippen molar-refractivity contribution in [2.45, 2.75) is 90.9 Å². The number of nitrogens with zero attached hydrogens (tertiary/aromatic N) is 1. The Morgan fingerprint density at radius 1 is 1.11 bits per heavy atom. The molecule has 0 N–H and O–H groups in total. The topological polar surface area (TPSA) is 23.8 Å². The third-order valence-electron chi connectivity index (χ3n) is 4.77. The molecule has 0 aromatic heterocycles. The van der Waals surface area contributed by atoms with Crippen LogP contribution >= 0.6 is 0 Å². The minimum absolute atomic E-state index is 0.0453. The molecule has 0 aliphatic heterocycles. The third kappa shape index (κ3) is 5.01. The summed E-state index contributed by atoms with van der Waals surface area (Å²) in [5.74, 6) is 0.818. The van der Waals surface area contributed by atoms with Gasteiger partial charge in [-0.3, -0.25) is 0 Å². The molecule has 2 atom stereocenters. The number of rotatable bonds is 8. The van der Waals surface area contributed by atoms with Crippen LogP contribution in [0.15, 0.2) is 0 Å². The first-order valence-electron chi connectivity index (χ1n) is 8.17. The molecule has 0 spiro atoms. The zero-order chi connectivity index (χ0) is 13.3. The maximum absolute atomic E-state index is 9.55. The van der Waals surface area contributed by atoms with Crippen molar-refractivity contribution in [2.75, 3.05) is 0 Å². The first kappa shape index (κ1) is 15.5. The van der Waals surface area contributed by atoms with Crippen LogP contribution in [-0.4, -0.2) is 0 Å². The van der Waals surface area contributed by atoms with Gasteiger partial charge in [-0.15, -0.1) is 0 Å². The normalized spacial score (nSPS) is 27.9. The van der Waals surface area contributed by atoms with Crippen molar-refractivity contribution in [3.8, 4) is 6.07 Å². The van der Waals surface area contributed by atoms with Crippen molar-refractivity contribution in [3.05, 3.63) is 0 Å². The van der Waals surface area contributed by atoms with Gasteiger partial charge in [-0.1, -0.05) is 71.6 Å². The van der Waals surface area contributed by atoms with E-state index in [-0.39, 0.29) is 5.41 Å². The molecule has 0 saturated heterocycles. The molecule has 1 rings (SSSR count). The molecule has 0 amide bonds. The summed E-state index contributed by atoms with van der Waals surface area (Å²) in [6.45, 7) is 4.54. The van der Waals surface area contributed by atoms with Gasteiger partial charge in [-0.25, -0.2) is 0 Å². The molecule has 104 valence electrons. The summed E-state index contributed by atoms with van der Waals surface area (Å²) in [4.78, 5) is 0. The minimum atomic E-state index is 0.0453. The average molecular weight is 249 g/mol. The maximum atomic E-state index is 9.55. The van der Waals surface area contributed by atoms with Crippen molar-refractivity contribution in [1.29, 1.82) is 5.26 Å². The van der Waals surface area contributed by atoms with E-state index in [4.69, 9.17) is 0 Å². The zero-order valence-corrected chi connectivity index (χ0v) is 12.5. The molecule has 0 aromatic rings. The predicted molar refractivity (Wildman–Crippen MR) is 78.3 cm³/mol. The quantitative estimate of drug-likeness (QED) is 0.495. The van der Waals surface area contributed by atoms with E-state index in [1.54, 1.807) is 0 Å². The summed E-state index contributed by atoms with van der Waals surface area (Å²) < 4.78 is 0. The Balaban J connectivity index is 2.26. The molecule has 0 aromatic carbocycles. The SMILES string of the molecule is CCCCCCCCC1(C#N)CCCC(CC)C1. The van der Waals surface area contributed by atoms with Gasteiger partial charge >= 0.3 is 0 Å². The summed E-state index contributed by atoms with van der Waals surface area (Å²) in [5.41, 5.74) is 0.0453. The van der Waals surface area contributed by atoms with Gasteiger partial charge in [0, 0.05) is 0 Å². The first-order valence-corrected chi connectivity index (χ1v) is 8.17. The summed E-state index contributed by atoms with van der Waals surface area (Å²) in [5, 5.41) is 9.55. The molecule has 1 saturated carbocycles. The van der Waals surface area contributed by atoms with Crippen LogP contribution in [0.5, 0.6) is 0 Å². The highest BCUT2D eigenvalue weighted by atomic mass is 14.4. The van der Waals surface area contributed by atoms with Crippen molar-refractivity contribution in [3.63, 3.8) is 0 Å². The van der Waals surface area contributed by atoms with Crippen LogP contribution in [0.4, 0.5) is 0 Å². The Kier molecular flexibility index (Phi) is 7.40. The van der Waals surface area contributed by atoms with E-state index < -0.39 is 0 Å². The fraction of sp³-hybridized carbons (Fsp3) is 0.941. The molecule has 2 unspecified atom stereocenters. The lowest BCUT2D eigenvalue weighted by atomic mass is 9.67. The lowest BCUT2D eigenvalue weighted by molar-refractivity contribution is 0.178. The summed E-state index contributed by atoms with van der Waals surface area (Å²) in [6, 6.07) is 2.68. The van der Waals surface area contributed by atoms with E-state index in [0.717, 1.165) is 18.8 Å². The van der Waals surface area contributed by atoms with Crippen LogP contribution in [0.3, 0.4) is 0 Å². The Bertz CT molecular complexity index is 253. The van der Waals surface area contributed by atoms with Crippen molar-refractivity contribution in [2.24, 2.45) is 11.3 Å². The van der Waals surface area contributed by atoms with Gasteiger partial charge in [-0.05, 0) is 25.2 Å². The van der Waals surface area contributed by atoms with Gasteiger partial charge in [-0.2, -0.15) is 5.26 Å². The molecule has 0 bridgehead atoms.